The van der Waals surface area contributed by atoms with Crippen molar-refractivity contribution in [2.45, 2.75) is 13.5 Å². The third kappa shape index (κ3) is 2.37. The molecule has 1 aromatic rings. The molecule has 1 aromatic carbocycles. The predicted molar refractivity (Wildman–Crippen MR) is 59.1 cm³/mol. The molecule has 0 aromatic heterocycles. The summed E-state index contributed by atoms with van der Waals surface area (Å²) in [6, 6.07) is 7.68. The van der Waals surface area contributed by atoms with Crippen LogP contribution in [0.25, 0.3) is 0 Å². The summed E-state index contributed by atoms with van der Waals surface area (Å²) >= 11 is 0. The lowest BCUT2D eigenvalue weighted by Crippen LogP contribution is -2.20. The third-order valence-corrected chi connectivity index (χ3v) is 2.44. The van der Waals surface area contributed by atoms with E-state index in [0.29, 0.717) is 0 Å². The number of carbonyl (C=O) groups is 1. The van der Waals surface area contributed by atoms with Crippen LogP contribution in [0.5, 0.6) is 0 Å². The van der Waals surface area contributed by atoms with Crippen LogP contribution in [0.2, 0.25) is 0 Å². The van der Waals surface area contributed by atoms with Gasteiger partial charge in [0.15, 0.2) is 0 Å². The van der Waals surface area contributed by atoms with Crippen molar-refractivity contribution in [2.75, 3.05) is 6.67 Å². The summed E-state index contributed by atoms with van der Waals surface area (Å²) in [6.45, 7) is 3.79. The molecular formula is C12H14N2O. The van der Waals surface area contributed by atoms with Crippen molar-refractivity contribution in [1.82, 2.24) is 10.2 Å². The highest BCUT2D eigenvalue weighted by Gasteiger charge is 2.07. The Morgan fingerprint density at radius 3 is 2.67 bits per heavy atom. The predicted octanol–water partition coefficient (Wildman–Crippen LogP) is 1.72. The Labute approximate surface area is 89.4 Å². The monoisotopic (exact) mass is 202 g/mol. The van der Waals surface area contributed by atoms with Crippen LogP contribution >= 0.6 is 0 Å². The lowest BCUT2D eigenvalue weighted by molar-refractivity contribution is 0.112. The Balaban J connectivity index is 2.02. The van der Waals surface area contributed by atoms with Gasteiger partial charge in [0.05, 0.1) is 6.67 Å². The molecule has 0 aliphatic carbocycles. The summed E-state index contributed by atoms with van der Waals surface area (Å²) in [5.74, 6) is 0. The number of nitrogens with one attached hydrogen (secondary N) is 1. The van der Waals surface area contributed by atoms with Gasteiger partial charge in [-0.2, -0.15) is 0 Å². The van der Waals surface area contributed by atoms with Crippen molar-refractivity contribution in [3.8, 4) is 0 Å². The van der Waals surface area contributed by atoms with Gasteiger partial charge in [-0.3, -0.25) is 4.79 Å². The first kappa shape index (κ1) is 9.77. The zero-order valence-corrected chi connectivity index (χ0v) is 8.73. The van der Waals surface area contributed by atoms with Gasteiger partial charge in [-0.15, -0.1) is 0 Å². The third-order valence-electron chi connectivity index (χ3n) is 2.44. The highest BCUT2D eigenvalue weighted by atomic mass is 16.1. The molecule has 0 unspecified atom stereocenters. The molecule has 1 aliphatic heterocycles. The van der Waals surface area contributed by atoms with Crippen LogP contribution in [0.3, 0.4) is 0 Å². The number of rotatable bonds is 3. The molecule has 1 aliphatic rings. The molecule has 0 atom stereocenters. The Hall–Kier alpha value is -1.77. The second kappa shape index (κ2) is 4.17. The van der Waals surface area contributed by atoms with Crippen molar-refractivity contribution in [1.29, 1.82) is 0 Å². The average molecular weight is 202 g/mol. The number of benzene rings is 1. The van der Waals surface area contributed by atoms with Gasteiger partial charge in [-0.25, -0.2) is 0 Å². The molecule has 2 rings (SSSR count). The second-order valence-electron chi connectivity index (χ2n) is 3.75. The summed E-state index contributed by atoms with van der Waals surface area (Å²) < 4.78 is 0. The Bertz CT molecular complexity index is 381. The van der Waals surface area contributed by atoms with Crippen molar-refractivity contribution < 1.29 is 4.79 Å². The fraction of sp³-hybridized carbons (Fsp3) is 0.250. The number of aldehydes is 1. The van der Waals surface area contributed by atoms with Crippen LogP contribution in [0.1, 0.15) is 22.8 Å². The van der Waals surface area contributed by atoms with Gasteiger partial charge in [-0.1, -0.05) is 24.3 Å². The fourth-order valence-corrected chi connectivity index (χ4v) is 1.63. The van der Waals surface area contributed by atoms with Crippen LogP contribution < -0.4 is 5.32 Å². The van der Waals surface area contributed by atoms with Gasteiger partial charge in [-0.05, 0) is 12.5 Å². The number of hydrogen-bond donors (Lipinski definition) is 1. The number of nitrogens with zero attached hydrogens (tertiary/aromatic N) is 1. The lowest BCUT2D eigenvalue weighted by Gasteiger charge is -2.14. The summed E-state index contributed by atoms with van der Waals surface area (Å²) in [6.07, 6.45) is 2.97. The lowest BCUT2D eigenvalue weighted by atomic mass is 10.1. The summed E-state index contributed by atoms with van der Waals surface area (Å²) in [5.41, 5.74) is 3.14. The van der Waals surface area contributed by atoms with E-state index in [1.165, 1.54) is 11.3 Å². The molecule has 3 heteroatoms. The Morgan fingerprint density at radius 2 is 2.13 bits per heavy atom. The minimum Gasteiger partial charge on any atom is -0.370 e. The molecule has 78 valence electrons. The molecule has 1 heterocycles. The van der Waals surface area contributed by atoms with E-state index >= 15 is 0 Å². The molecule has 0 saturated carbocycles. The first-order valence-corrected chi connectivity index (χ1v) is 4.98. The smallest absolute Gasteiger partial charge is 0.150 e. The van der Waals surface area contributed by atoms with Gasteiger partial charge in [0.1, 0.15) is 6.29 Å². The molecule has 0 spiro atoms. The maximum absolute atomic E-state index is 10.5. The van der Waals surface area contributed by atoms with Gasteiger partial charge in [0.25, 0.3) is 0 Å². The van der Waals surface area contributed by atoms with Gasteiger partial charge >= 0.3 is 0 Å². The summed E-state index contributed by atoms with van der Waals surface area (Å²) in [5, 5.41) is 3.24. The summed E-state index contributed by atoms with van der Waals surface area (Å²) in [4.78, 5) is 12.7. The van der Waals surface area contributed by atoms with Crippen LogP contribution in [-0.2, 0) is 6.54 Å². The van der Waals surface area contributed by atoms with E-state index in [0.717, 1.165) is 25.1 Å². The van der Waals surface area contributed by atoms with Crippen LogP contribution in [0.15, 0.2) is 36.2 Å². The first-order chi connectivity index (χ1) is 7.28. The minimum atomic E-state index is 0.727. The van der Waals surface area contributed by atoms with Crippen molar-refractivity contribution in [2.24, 2.45) is 0 Å². The Morgan fingerprint density at radius 1 is 1.40 bits per heavy atom. The first-order valence-electron chi connectivity index (χ1n) is 4.98. The van der Waals surface area contributed by atoms with E-state index < -0.39 is 0 Å². The van der Waals surface area contributed by atoms with E-state index in [1.807, 2.05) is 24.3 Å². The molecule has 0 fully saturated rings. The highest BCUT2D eigenvalue weighted by Crippen LogP contribution is 2.10. The maximum atomic E-state index is 10.5. The van der Waals surface area contributed by atoms with Crippen LogP contribution in [-0.4, -0.2) is 17.9 Å². The van der Waals surface area contributed by atoms with Crippen molar-refractivity contribution in [3.63, 3.8) is 0 Å². The molecular weight excluding hydrogens is 188 g/mol. The van der Waals surface area contributed by atoms with Crippen LogP contribution in [0, 0.1) is 0 Å². The van der Waals surface area contributed by atoms with Crippen molar-refractivity contribution >= 4 is 6.29 Å². The normalized spacial score (nSPS) is 14.7. The average Bonchev–Trinajstić information content (AvgIpc) is 2.65. The number of hydrogen-bond acceptors (Lipinski definition) is 3. The minimum absolute atomic E-state index is 0.727. The quantitative estimate of drug-likeness (QED) is 0.757. The second-order valence-corrected chi connectivity index (χ2v) is 3.75. The molecule has 0 bridgehead atoms. The molecule has 3 nitrogen and oxygen atoms in total. The van der Waals surface area contributed by atoms with Gasteiger partial charge in [0.2, 0.25) is 0 Å². The standard InChI is InChI=1S/C12H14N2O/c1-10-6-14(9-13-10)7-11-2-4-12(8-15)5-3-11/h2-6,8,13H,7,9H2,1H3. The molecule has 0 radical (unpaired) electrons. The number of carbonyl (C=O) groups excluding carboxylic acids is 1. The topological polar surface area (TPSA) is 32.3 Å². The van der Waals surface area contributed by atoms with Crippen LogP contribution in [0.4, 0.5) is 0 Å². The zero-order valence-electron chi connectivity index (χ0n) is 8.73. The number of allylic oxidation sites excluding steroid dienone is 1. The SMILES string of the molecule is CC1=CN(Cc2ccc(C=O)cc2)CN1. The molecule has 15 heavy (non-hydrogen) atoms. The van der Waals surface area contributed by atoms with Gasteiger partial charge in [0, 0.05) is 24.0 Å². The Kier molecular flexibility index (Phi) is 2.72. The largest absolute Gasteiger partial charge is 0.370 e. The van der Waals surface area contributed by atoms with E-state index in [2.05, 4.69) is 23.3 Å². The van der Waals surface area contributed by atoms with E-state index in [9.17, 15) is 4.79 Å². The van der Waals surface area contributed by atoms with E-state index in [1.54, 1.807) is 0 Å². The molecule has 0 saturated heterocycles. The molecule has 1 N–H and O–H groups in total. The summed E-state index contributed by atoms with van der Waals surface area (Å²) in [7, 11) is 0. The highest BCUT2D eigenvalue weighted by molar-refractivity contribution is 5.74. The zero-order chi connectivity index (χ0) is 10.7. The van der Waals surface area contributed by atoms with E-state index in [-0.39, 0.29) is 0 Å². The van der Waals surface area contributed by atoms with E-state index in [4.69, 9.17) is 0 Å². The maximum Gasteiger partial charge on any atom is 0.150 e. The fourth-order valence-electron chi connectivity index (χ4n) is 1.63. The molecule has 0 amide bonds. The van der Waals surface area contributed by atoms with Gasteiger partial charge < -0.3 is 10.2 Å². The van der Waals surface area contributed by atoms with Crippen molar-refractivity contribution in [3.05, 3.63) is 47.3 Å².